The molecule has 2 saturated heterocycles. The molecule has 1 amide bonds. The SMILES string of the molecule is COc1cc(C)ccc1C(=O)N1C[C@@H](CN2CCOCC2)[C@@H](CO)C1. The lowest BCUT2D eigenvalue weighted by Crippen LogP contribution is -2.41. The highest BCUT2D eigenvalue weighted by Gasteiger charge is 2.36. The zero-order chi connectivity index (χ0) is 17.8. The Morgan fingerprint density at radius 3 is 2.68 bits per heavy atom. The number of methoxy groups -OCH3 is 1. The number of aryl methyl sites for hydroxylation is 1. The number of carbonyl (C=O) groups is 1. The van der Waals surface area contributed by atoms with Crippen molar-refractivity contribution in [1.82, 2.24) is 9.80 Å². The van der Waals surface area contributed by atoms with Crippen LogP contribution in [0.4, 0.5) is 0 Å². The molecular weight excluding hydrogens is 320 g/mol. The maximum absolute atomic E-state index is 13.0. The number of rotatable bonds is 5. The molecule has 1 aromatic carbocycles. The van der Waals surface area contributed by atoms with Crippen molar-refractivity contribution in [1.29, 1.82) is 0 Å². The molecule has 2 aliphatic heterocycles. The van der Waals surface area contributed by atoms with E-state index in [0.29, 0.717) is 30.3 Å². The summed E-state index contributed by atoms with van der Waals surface area (Å²) in [4.78, 5) is 17.2. The molecule has 6 nitrogen and oxygen atoms in total. The van der Waals surface area contributed by atoms with Gasteiger partial charge < -0.3 is 19.5 Å². The molecule has 2 heterocycles. The van der Waals surface area contributed by atoms with Crippen LogP contribution in [0.15, 0.2) is 18.2 Å². The molecule has 0 radical (unpaired) electrons. The number of aliphatic hydroxyl groups is 1. The fourth-order valence-electron chi connectivity index (χ4n) is 3.78. The highest BCUT2D eigenvalue weighted by molar-refractivity contribution is 5.97. The second-order valence-electron chi connectivity index (χ2n) is 7.03. The van der Waals surface area contributed by atoms with Gasteiger partial charge >= 0.3 is 0 Å². The summed E-state index contributed by atoms with van der Waals surface area (Å²) in [6.07, 6.45) is 0. The summed E-state index contributed by atoms with van der Waals surface area (Å²) in [5, 5.41) is 9.77. The van der Waals surface area contributed by atoms with Crippen molar-refractivity contribution >= 4 is 5.91 Å². The lowest BCUT2D eigenvalue weighted by molar-refractivity contribution is 0.0264. The highest BCUT2D eigenvalue weighted by atomic mass is 16.5. The van der Waals surface area contributed by atoms with Gasteiger partial charge in [0.15, 0.2) is 0 Å². The van der Waals surface area contributed by atoms with Gasteiger partial charge in [-0.15, -0.1) is 0 Å². The normalized spacial score (nSPS) is 24.5. The third-order valence-corrected chi connectivity index (χ3v) is 5.28. The van der Waals surface area contributed by atoms with E-state index in [1.165, 1.54) is 0 Å². The standard InChI is InChI=1S/C19H28N2O4/c1-14-3-4-17(18(9-14)24-2)19(23)21-11-15(16(12-21)13-22)10-20-5-7-25-8-6-20/h3-4,9,15-16,22H,5-8,10-13H2,1-2H3/t15-,16-/m1/s1. The van der Waals surface area contributed by atoms with Crippen LogP contribution in [-0.2, 0) is 4.74 Å². The minimum atomic E-state index is -0.0141. The number of carbonyl (C=O) groups excluding carboxylic acids is 1. The van der Waals surface area contributed by atoms with Crippen LogP contribution >= 0.6 is 0 Å². The molecule has 1 N–H and O–H groups in total. The molecule has 6 heteroatoms. The molecule has 0 saturated carbocycles. The van der Waals surface area contributed by atoms with Crippen LogP contribution in [0.25, 0.3) is 0 Å². The zero-order valence-electron chi connectivity index (χ0n) is 15.1. The smallest absolute Gasteiger partial charge is 0.257 e. The van der Waals surface area contributed by atoms with Gasteiger partial charge in [-0.25, -0.2) is 0 Å². The minimum absolute atomic E-state index is 0.0141. The van der Waals surface area contributed by atoms with Crippen LogP contribution in [0.1, 0.15) is 15.9 Å². The Morgan fingerprint density at radius 2 is 2.00 bits per heavy atom. The van der Waals surface area contributed by atoms with Gasteiger partial charge in [-0.3, -0.25) is 9.69 Å². The number of aliphatic hydroxyl groups excluding tert-OH is 1. The van der Waals surface area contributed by atoms with E-state index in [-0.39, 0.29) is 18.4 Å². The van der Waals surface area contributed by atoms with E-state index in [9.17, 15) is 9.90 Å². The number of hydrogen-bond acceptors (Lipinski definition) is 5. The molecule has 0 aromatic heterocycles. The van der Waals surface area contributed by atoms with E-state index in [2.05, 4.69) is 4.90 Å². The van der Waals surface area contributed by atoms with E-state index < -0.39 is 0 Å². The van der Waals surface area contributed by atoms with E-state index in [1.54, 1.807) is 7.11 Å². The third kappa shape index (κ3) is 4.14. The quantitative estimate of drug-likeness (QED) is 0.861. The monoisotopic (exact) mass is 348 g/mol. The lowest BCUT2D eigenvalue weighted by Gasteiger charge is -2.30. The van der Waals surface area contributed by atoms with Gasteiger partial charge in [-0.2, -0.15) is 0 Å². The first-order valence-corrected chi connectivity index (χ1v) is 8.97. The Bertz CT molecular complexity index is 601. The summed E-state index contributed by atoms with van der Waals surface area (Å²) < 4.78 is 10.8. The summed E-state index contributed by atoms with van der Waals surface area (Å²) in [6.45, 7) is 7.65. The minimum Gasteiger partial charge on any atom is -0.496 e. The number of ether oxygens (including phenoxy) is 2. The predicted molar refractivity (Wildman–Crippen MR) is 95.0 cm³/mol. The first-order valence-electron chi connectivity index (χ1n) is 8.97. The maximum Gasteiger partial charge on any atom is 0.257 e. The first kappa shape index (κ1) is 18.2. The average molecular weight is 348 g/mol. The molecule has 2 atom stereocenters. The second kappa shape index (κ2) is 8.17. The van der Waals surface area contributed by atoms with Crippen molar-refractivity contribution in [2.45, 2.75) is 6.92 Å². The Hall–Kier alpha value is -1.63. The number of benzene rings is 1. The molecule has 0 bridgehead atoms. The van der Waals surface area contributed by atoms with E-state index in [1.807, 2.05) is 30.0 Å². The van der Waals surface area contributed by atoms with Crippen molar-refractivity contribution in [3.05, 3.63) is 29.3 Å². The molecule has 3 rings (SSSR count). The summed E-state index contributed by atoms with van der Waals surface area (Å²) in [5.74, 6) is 1.02. The third-order valence-electron chi connectivity index (χ3n) is 5.28. The maximum atomic E-state index is 13.0. The molecular formula is C19H28N2O4. The topological polar surface area (TPSA) is 62.2 Å². The first-order chi connectivity index (χ1) is 12.1. The molecule has 25 heavy (non-hydrogen) atoms. The molecule has 2 aliphatic rings. The van der Waals surface area contributed by atoms with E-state index >= 15 is 0 Å². The van der Waals surface area contributed by atoms with Crippen LogP contribution in [0.5, 0.6) is 5.75 Å². The Kier molecular flexibility index (Phi) is 5.93. The van der Waals surface area contributed by atoms with Crippen molar-refractivity contribution in [3.8, 4) is 5.75 Å². The molecule has 138 valence electrons. The molecule has 0 unspecified atom stereocenters. The fraction of sp³-hybridized carbons (Fsp3) is 0.632. The number of morpholine rings is 1. The predicted octanol–water partition coefficient (Wildman–Crippen LogP) is 1.02. The van der Waals surface area contributed by atoms with Crippen molar-refractivity contribution in [2.75, 3.05) is 59.7 Å². The zero-order valence-corrected chi connectivity index (χ0v) is 15.1. The van der Waals surface area contributed by atoms with Crippen molar-refractivity contribution < 1.29 is 19.4 Å². The summed E-state index contributed by atoms with van der Waals surface area (Å²) >= 11 is 0. The van der Waals surface area contributed by atoms with Gasteiger partial charge in [0.25, 0.3) is 5.91 Å². The number of amides is 1. The van der Waals surface area contributed by atoms with Crippen LogP contribution < -0.4 is 4.74 Å². The van der Waals surface area contributed by atoms with Gasteiger partial charge in [0.05, 0.1) is 25.9 Å². The molecule has 1 aromatic rings. The van der Waals surface area contributed by atoms with E-state index in [4.69, 9.17) is 9.47 Å². The molecule has 2 fully saturated rings. The van der Waals surface area contributed by atoms with Crippen LogP contribution in [0.3, 0.4) is 0 Å². The summed E-state index contributed by atoms with van der Waals surface area (Å²) in [7, 11) is 1.59. The average Bonchev–Trinajstić information content (AvgIpc) is 3.04. The van der Waals surface area contributed by atoms with Crippen molar-refractivity contribution in [2.24, 2.45) is 11.8 Å². The van der Waals surface area contributed by atoms with Gasteiger partial charge in [0, 0.05) is 45.2 Å². The second-order valence-corrected chi connectivity index (χ2v) is 7.03. The number of likely N-dealkylation sites (tertiary alicyclic amines) is 1. The summed E-state index contributed by atoms with van der Waals surface area (Å²) in [5.41, 5.74) is 1.66. The molecule has 0 aliphatic carbocycles. The molecule has 0 spiro atoms. The number of nitrogens with zero attached hydrogens (tertiary/aromatic N) is 2. The fourth-order valence-corrected chi connectivity index (χ4v) is 3.78. The van der Waals surface area contributed by atoms with Crippen molar-refractivity contribution in [3.63, 3.8) is 0 Å². The number of hydrogen-bond donors (Lipinski definition) is 1. The van der Waals surface area contributed by atoms with Gasteiger partial charge in [-0.05, 0) is 30.5 Å². The van der Waals surface area contributed by atoms with E-state index in [0.717, 1.165) is 38.4 Å². The van der Waals surface area contributed by atoms with Crippen LogP contribution in [0, 0.1) is 18.8 Å². The Balaban J connectivity index is 1.69. The van der Waals surface area contributed by atoms with Crippen LogP contribution in [-0.4, -0.2) is 80.5 Å². The van der Waals surface area contributed by atoms with Gasteiger partial charge in [0.2, 0.25) is 0 Å². The lowest BCUT2D eigenvalue weighted by atomic mass is 9.96. The summed E-state index contributed by atoms with van der Waals surface area (Å²) in [6, 6.07) is 5.65. The van der Waals surface area contributed by atoms with Crippen LogP contribution in [0.2, 0.25) is 0 Å². The Labute approximate surface area is 149 Å². The van der Waals surface area contributed by atoms with Gasteiger partial charge in [-0.1, -0.05) is 6.07 Å². The largest absolute Gasteiger partial charge is 0.496 e. The Morgan fingerprint density at radius 1 is 1.28 bits per heavy atom. The highest BCUT2D eigenvalue weighted by Crippen LogP contribution is 2.28. The van der Waals surface area contributed by atoms with Gasteiger partial charge in [0.1, 0.15) is 5.75 Å².